The fraction of sp³-hybridized carbons (Fsp3) is 0.111. The molecule has 0 spiro atoms. The molecule has 0 aliphatic heterocycles. The van der Waals surface area contributed by atoms with E-state index in [0.29, 0.717) is 5.15 Å². The Bertz CT molecular complexity index is 424. The monoisotopic (exact) mass is 319 g/mol. The molecule has 5 heteroatoms. The zero-order valence-corrected chi connectivity index (χ0v) is 10.1. The number of rotatable bonds is 2. The molecule has 14 heavy (non-hydrogen) atoms. The highest BCUT2D eigenvalue weighted by Gasteiger charge is 1.97. The van der Waals surface area contributed by atoms with Crippen molar-refractivity contribution in [1.82, 2.24) is 14.8 Å². The maximum Gasteiger partial charge on any atom is 0.129 e. The Kier molecular flexibility index (Phi) is 3.02. The van der Waals surface area contributed by atoms with Crippen molar-refractivity contribution in [2.24, 2.45) is 0 Å². The van der Waals surface area contributed by atoms with Crippen molar-refractivity contribution in [3.8, 4) is 0 Å². The van der Waals surface area contributed by atoms with Crippen LogP contribution in [0, 0.1) is 3.57 Å². The second-order valence-corrected chi connectivity index (χ2v) is 4.48. The van der Waals surface area contributed by atoms with Gasteiger partial charge in [-0.2, -0.15) is 5.10 Å². The molecular formula is C9H7ClIN3. The van der Waals surface area contributed by atoms with Gasteiger partial charge < -0.3 is 0 Å². The third-order valence-electron chi connectivity index (χ3n) is 1.73. The second kappa shape index (κ2) is 4.27. The molecule has 0 unspecified atom stereocenters. The van der Waals surface area contributed by atoms with Crippen LogP contribution in [0.5, 0.6) is 0 Å². The maximum atomic E-state index is 5.68. The van der Waals surface area contributed by atoms with Crippen molar-refractivity contribution in [2.75, 3.05) is 0 Å². The van der Waals surface area contributed by atoms with E-state index in [9.17, 15) is 0 Å². The summed E-state index contributed by atoms with van der Waals surface area (Å²) in [7, 11) is 0. The fourth-order valence-electron chi connectivity index (χ4n) is 1.11. The van der Waals surface area contributed by atoms with Crippen molar-refractivity contribution in [3.05, 3.63) is 45.0 Å². The van der Waals surface area contributed by atoms with E-state index in [2.05, 4.69) is 32.7 Å². The third kappa shape index (κ3) is 2.45. The van der Waals surface area contributed by atoms with E-state index in [0.717, 1.165) is 15.7 Å². The van der Waals surface area contributed by atoms with E-state index >= 15 is 0 Å². The highest BCUT2D eigenvalue weighted by molar-refractivity contribution is 14.1. The van der Waals surface area contributed by atoms with Crippen LogP contribution in [0.25, 0.3) is 0 Å². The van der Waals surface area contributed by atoms with E-state index in [-0.39, 0.29) is 0 Å². The zero-order chi connectivity index (χ0) is 9.97. The highest BCUT2D eigenvalue weighted by Crippen LogP contribution is 2.08. The lowest BCUT2D eigenvalue weighted by atomic mass is 10.3. The molecule has 0 aliphatic rings. The molecule has 0 amide bonds. The van der Waals surface area contributed by atoms with Crippen LogP contribution in [-0.2, 0) is 6.54 Å². The average molecular weight is 320 g/mol. The van der Waals surface area contributed by atoms with Crippen molar-refractivity contribution in [1.29, 1.82) is 0 Å². The number of hydrogen-bond donors (Lipinski definition) is 0. The minimum atomic E-state index is 0.517. The van der Waals surface area contributed by atoms with E-state index < -0.39 is 0 Å². The SMILES string of the molecule is Clc1ccc(Cn2cc(I)cn2)cn1. The van der Waals surface area contributed by atoms with Gasteiger partial charge in [-0.05, 0) is 34.2 Å². The van der Waals surface area contributed by atoms with Crippen LogP contribution < -0.4 is 0 Å². The van der Waals surface area contributed by atoms with Gasteiger partial charge >= 0.3 is 0 Å². The predicted molar refractivity (Wildman–Crippen MR) is 63.3 cm³/mol. The van der Waals surface area contributed by atoms with E-state index in [1.165, 1.54) is 0 Å². The summed E-state index contributed by atoms with van der Waals surface area (Å²) in [6, 6.07) is 3.73. The van der Waals surface area contributed by atoms with Crippen LogP contribution >= 0.6 is 34.2 Å². The van der Waals surface area contributed by atoms with Crippen LogP contribution in [0.2, 0.25) is 5.15 Å². The quantitative estimate of drug-likeness (QED) is 0.629. The van der Waals surface area contributed by atoms with Crippen molar-refractivity contribution in [2.45, 2.75) is 6.54 Å². The highest BCUT2D eigenvalue weighted by atomic mass is 127. The molecule has 0 atom stereocenters. The summed E-state index contributed by atoms with van der Waals surface area (Å²) < 4.78 is 3.00. The molecule has 72 valence electrons. The van der Waals surface area contributed by atoms with Gasteiger partial charge in [-0.3, -0.25) is 4.68 Å². The van der Waals surface area contributed by atoms with Gasteiger partial charge in [0.2, 0.25) is 0 Å². The number of hydrogen-bond acceptors (Lipinski definition) is 2. The fourth-order valence-corrected chi connectivity index (χ4v) is 1.67. The molecule has 2 aromatic heterocycles. The molecule has 3 nitrogen and oxygen atoms in total. The van der Waals surface area contributed by atoms with Crippen molar-refractivity contribution in [3.63, 3.8) is 0 Å². The summed E-state index contributed by atoms with van der Waals surface area (Å²) in [6.45, 7) is 0.729. The molecule has 0 fully saturated rings. The number of nitrogens with zero attached hydrogens (tertiary/aromatic N) is 3. The Hall–Kier alpha value is -0.620. The lowest BCUT2D eigenvalue weighted by Crippen LogP contribution is -1.99. The summed E-state index contributed by atoms with van der Waals surface area (Å²) in [6.07, 6.45) is 5.57. The van der Waals surface area contributed by atoms with E-state index in [4.69, 9.17) is 11.6 Å². The first kappa shape index (κ1) is 9.92. The average Bonchev–Trinajstić information content (AvgIpc) is 2.56. The smallest absolute Gasteiger partial charge is 0.129 e. The maximum absolute atomic E-state index is 5.68. The van der Waals surface area contributed by atoms with Crippen LogP contribution in [0.1, 0.15) is 5.56 Å². The van der Waals surface area contributed by atoms with E-state index in [1.54, 1.807) is 12.3 Å². The Labute approximate surface area is 100 Å². The summed E-state index contributed by atoms with van der Waals surface area (Å²) in [5.74, 6) is 0. The standard InChI is InChI=1S/C9H7ClIN3/c10-9-2-1-7(3-12-9)5-14-6-8(11)4-13-14/h1-4,6H,5H2. The molecule has 0 aromatic carbocycles. The summed E-state index contributed by atoms with van der Waals surface area (Å²) in [4.78, 5) is 4.00. The molecule has 2 heterocycles. The molecular weight excluding hydrogens is 312 g/mol. The molecule has 0 saturated heterocycles. The van der Waals surface area contributed by atoms with Gasteiger partial charge in [-0.15, -0.1) is 0 Å². The first-order valence-electron chi connectivity index (χ1n) is 4.02. The molecule has 0 radical (unpaired) electrons. The first-order chi connectivity index (χ1) is 6.74. The Morgan fingerprint density at radius 1 is 1.36 bits per heavy atom. The molecule has 2 rings (SSSR count). The summed E-state index contributed by atoms with van der Waals surface area (Å²) in [5.41, 5.74) is 1.09. The minimum Gasteiger partial charge on any atom is -0.267 e. The van der Waals surface area contributed by atoms with Gasteiger partial charge in [0.05, 0.1) is 16.3 Å². The van der Waals surface area contributed by atoms with Gasteiger partial charge in [-0.25, -0.2) is 4.98 Å². The summed E-state index contributed by atoms with van der Waals surface area (Å²) in [5, 5.41) is 4.70. The lowest BCUT2D eigenvalue weighted by Gasteiger charge is -2.00. The van der Waals surface area contributed by atoms with Gasteiger partial charge in [0.15, 0.2) is 0 Å². The normalized spacial score (nSPS) is 10.4. The third-order valence-corrected chi connectivity index (χ3v) is 2.52. The zero-order valence-electron chi connectivity index (χ0n) is 7.19. The topological polar surface area (TPSA) is 30.7 Å². The van der Waals surface area contributed by atoms with Crippen LogP contribution in [0.4, 0.5) is 0 Å². The van der Waals surface area contributed by atoms with Gasteiger partial charge in [0, 0.05) is 12.4 Å². The van der Waals surface area contributed by atoms with Crippen LogP contribution in [-0.4, -0.2) is 14.8 Å². The Morgan fingerprint density at radius 2 is 2.21 bits per heavy atom. The van der Waals surface area contributed by atoms with Gasteiger partial charge in [0.1, 0.15) is 5.15 Å². The Balaban J connectivity index is 2.15. The molecule has 2 aromatic rings. The van der Waals surface area contributed by atoms with Crippen molar-refractivity contribution >= 4 is 34.2 Å². The molecule has 0 bridgehead atoms. The van der Waals surface area contributed by atoms with Crippen LogP contribution in [0.3, 0.4) is 0 Å². The molecule has 0 aliphatic carbocycles. The lowest BCUT2D eigenvalue weighted by molar-refractivity contribution is 0.684. The number of halogens is 2. The molecule has 0 N–H and O–H groups in total. The van der Waals surface area contributed by atoms with Gasteiger partial charge in [0.25, 0.3) is 0 Å². The summed E-state index contributed by atoms with van der Waals surface area (Å²) >= 11 is 7.91. The Morgan fingerprint density at radius 3 is 2.79 bits per heavy atom. The van der Waals surface area contributed by atoms with Crippen molar-refractivity contribution < 1.29 is 0 Å². The second-order valence-electron chi connectivity index (χ2n) is 2.85. The predicted octanol–water partition coefficient (Wildman–Crippen LogP) is 2.58. The number of pyridine rings is 1. The number of aromatic nitrogens is 3. The van der Waals surface area contributed by atoms with Gasteiger partial charge in [-0.1, -0.05) is 17.7 Å². The molecule has 0 saturated carbocycles. The largest absolute Gasteiger partial charge is 0.267 e. The first-order valence-corrected chi connectivity index (χ1v) is 5.48. The van der Waals surface area contributed by atoms with E-state index in [1.807, 2.05) is 23.1 Å². The minimum absolute atomic E-state index is 0.517. The van der Waals surface area contributed by atoms with Crippen LogP contribution in [0.15, 0.2) is 30.7 Å².